The van der Waals surface area contributed by atoms with Crippen molar-refractivity contribution in [1.82, 2.24) is 0 Å². The zero-order valence-electron chi connectivity index (χ0n) is 11.0. The van der Waals surface area contributed by atoms with E-state index in [2.05, 4.69) is 6.92 Å². The number of rotatable bonds is 4. The van der Waals surface area contributed by atoms with Gasteiger partial charge in [0.05, 0.1) is 0 Å². The molecule has 1 aliphatic carbocycles. The lowest BCUT2D eigenvalue weighted by Crippen LogP contribution is -2.28. The molecular weight excluding hydrogens is 227 g/mol. The normalized spacial score (nSPS) is 23.9. The molecule has 1 nitrogen and oxygen atoms in total. The van der Waals surface area contributed by atoms with Gasteiger partial charge in [0.2, 0.25) is 0 Å². The molecule has 0 radical (unpaired) electrons. The first-order valence-electron chi connectivity index (χ1n) is 6.98. The Morgan fingerprint density at radius 2 is 1.89 bits per heavy atom. The van der Waals surface area contributed by atoms with E-state index >= 15 is 0 Å². The van der Waals surface area contributed by atoms with E-state index < -0.39 is 0 Å². The second-order valence-electron chi connectivity index (χ2n) is 5.33. The fourth-order valence-corrected chi connectivity index (χ4v) is 3.05. The lowest BCUT2D eigenvalue weighted by Gasteiger charge is -2.29. The summed E-state index contributed by atoms with van der Waals surface area (Å²) in [5.41, 5.74) is 0.932. The van der Waals surface area contributed by atoms with Crippen molar-refractivity contribution in [3.63, 3.8) is 0 Å². The highest BCUT2D eigenvalue weighted by molar-refractivity contribution is 5.83. The maximum Gasteiger partial charge on any atom is 0.140 e. The maximum atomic E-state index is 12.8. The molecule has 18 heavy (non-hydrogen) atoms. The summed E-state index contributed by atoms with van der Waals surface area (Å²) in [4.78, 5) is 12.3. The quantitative estimate of drug-likeness (QED) is 0.782. The van der Waals surface area contributed by atoms with Crippen LogP contribution in [0.5, 0.6) is 0 Å². The van der Waals surface area contributed by atoms with Gasteiger partial charge in [-0.3, -0.25) is 4.79 Å². The van der Waals surface area contributed by atoms with Crippen LogP contribution in [0.4, 0.5) is 4.39 Å². The summed E-state index contributed by atoms with van der Waals surface area (Å²) in [5.74, 6) is 0.893. The average molecular weight is 248 g/mol. The van der Waals surface area contributed by atoms with Gasteiger partial charge in [0.15, 0.2) is 0 Å². The first-order valence-corrected chi connectivity index (χ1v) is 6.98. The Morgan fingerprint density at radius 3 is 2.56 bits per heavy atom. The van der Waals surface area contributed by atoms with Gasteiger partial charge in [-0.1, -0.05) is 38.3 Å². The van der Waals surface area contributed by atoms with Crippen LogP contribution < -0.4 is 0 Å². The number of hydrogen-bond donors (Lipinski definition) is 0. The molecule has 2 atom stereocenters. The van der Waals surface area contributed by atoms with Crippen molar-refractivity contribution in [2.45, 2.75) is 45.4 Å². The van der Waals surface area contributed by atoms with Crippen LogP contribution in [0.2, 0.25) is 0 Å². The monoisotopic (exact) mass is 248 g/mol. The van der Waals surface area contributed by atoms with E-state index in [-0.39, 0.29) is 11.7 Å². The molecule has 0 aliphatic heterocycles. The van der Waals surface area contributed by atoms with Gasteiger partial charge < -0.3 is 0 Å². The SMILES string of the molecule is CCC1CCCCC1C(=O)Cc1ccc(F)cc1. The molecule has 0 N–H and O–H groups in total. The Balaban J connectivity index is 2.00. The number of carbonyl (C=O) groups excluding carboxylic acids is 1. The second kappa shape index (κ2) is 6.12. The van der Waals surface area contributed by atoms with Gasteiger partial charge in [0.25, 0.3) is 0 Å². The summed E-state index contributed by atoms with van der Waals surface area (Å²) in [6.07, 6.45) is 6.23. The molecule has 0 saturated heterocycles. The lowest BCUT2D eigenvalue weighted by atomic mass is 9.74. The maximum absolute atomic E-state index is 12.8. The summed E-state index contributed by atoms with van der Waals surface area (Å²) in [7, 11) is 0. The molecule has 0 heterocycles. The standard InChI is InChI=1S/C16H21FO/c1-2-13-5-3-4-6-15(13)16(18)11-12-7-9-14(17)10-8-12/h7-10,13,15H,2-6,11H2,1H3. The third-order valence-electron chi connectivity index (χ3n) is 4.14. The number of ketones is 1. The van der Waals surface area contributed by atoms with E-state index in [9.17, 15) is 9.18 Å². The highest BCUT2D eigenvalue weighted by Crippen LogP contribution is 2.33. The van der Waals surface area contributed by atoms with Gasteiger partial charge in [-0.05, 0) is 36.5 Å². The van der Waals surface area contributed by atoms with Crippen LogP contribution in [0.15, 0.2) is 24.3 Å². The molecule has 1 saturated carbocycles. The van der Waals surface area contributed by atoms with Crippen molar-refractivity contribution in [3.05, 3.63) is 35.6 Å². The molecule has 1 aromatic carbocycles. The molecule has 2 unspecified atom stereocenters. The summed E-state index contributed by atoms with van der Waals surface area (Å²) in [6.45, 7) is 2.17. The zero-order chi connectivity index (χ0) is 13.0. The van der Waals surface area contributed by atoms with Crippen molar-refractivity contribution in [2.75, 3.05) is 0 Å². The van der Waals surface area contributed by atoms with Crippen LogP contribution in [0.25, 0.3) is 0 Å². The minimum atomic E-state index is -0.240. The van der Waals surface area contributed by atoms with Crippen molar-refractivity contribution < 1.29 is 9.18 Å². The van der Waals surface area contributed by atoms with Gasteiger partial charge in [-0.15, -0.1) is 0 Å². The van der Waals surface area contributed by atoms with Gasteiger partial charge in [0.1, 0.15) is 11.6 Å². The second-order valence-corrected chi connectivity index (χ2v) is 5.33. The van der Waals surface area contributed by atoms with Crippen molar-refractivity contribution in [3.8, 4) is 0 Å². The van der Waals surface area contributed by atoms with E-state index in [4.69, 9.17) is 0 Å². The smallest absolute Gasteiger partial charge is 0.140 e. The highest BCUT2D eigenvalue weighted by Gasteiger charge is 2.29. The van der Waals surface area contributed by atoms with E-state index in [1.54, 1.807) is 12.1 Å². The first-order chi connectivity index (χ1) is 8.70. The van der Waals surface area contributed by atoms with E-state index in [0.29, 0.717) is 18.1 Å². The van der Waals surface area contributed by atoms with E-state index in [1.807, 2.05) is 0 Å². The predicted molar refractivity (Wildman–Crippen MR) is 70.9 cm³/mol. The fourth-order valence-electron chi connectivity index (χ4n) is 3.05. The number of hydrogen-bond acceptors (Lipinski definition) is 1. The van der Waals surface area contributed by atoms with Gasteiger partial charge in [0, 0.05) is 12.3 Å². The van der Waals surface area contributed by atoms with Crippen LogP contribution in [0.3, 0.4) is 0 Å². The molecule has 1 aliphatic rings. The van der Waals surface area contributed by atoms with Crippen LogP contribution in [0.1, 0.15) is 44.6 Å². The Morgan fingerprint density at radius 1 is 1.22 bits per heavy atom. The molecule has 98 valence electrons. The Bertz CT molecular complexity index is 396. The Labute approximate surface area is 108 Å². The molecule has 0 amide bonds. The Kier molecular flexibility index (Phi) is 4.51. The fraction of sp³-hybridized carbons (Fsp3) is 0.562. The molecule has 1 fully saturated rings. The minimum absolute atomic E-state index is 0.230. The molecule has 2 heteroatoms. The molecule has 0 spiro atoms. The van der Waals surface area contributed by atoms with Crippen molar-refractivity contribution in [2.24, 2.45) is 11.8 Å². The molecular formula is C16H21FO. The molecule has 1 aromatic rings. The van der Waals surface area contributed by atoms with Crippen molar-refractivity contribution in [1.29, 1.82) is 0 Å². The topological polar surface area (TPSA) is 17.1 Å². The van der Waals surface area contributed by atoms with Crippen LogP contribution in [0, 0.1) is 17.7 Å². The number of benzene rings is 1. The number of Topliss-reactive ketones (excluding diaryl/α,β-unsaturated/α-hetero) is 1. The molecule has 0 bridgehead atoms. The number of carbonyl (C=O) groups is 1. The minimum Gasteiger partial charge on any atom is -0.299 e. The van der Waals surface area contributed by atoms with Gasteiger partial charge in [-0.25, -0.2) is 4.39 Å². The summed E-state index contributed by atoms with van der Waals surface area (Å²) in [6, 6.07) is 6.30. The van der Waals surface area contributed by atoms with Gasteiger partial charge >= 0.3 is 0 Å². The van der Waals surface area contributed by atoms with E-state index in [0.717, 1.165) is 18.4 Å². The van der Waals surface area contributed by atoms with E-state index in [1.165, 1.54) is 31.4 Å². The first kappa shape index (κ1) is 13.3. The summed E-state index contributed by atoms with van der Waals surface area (Å²) >= 11 is 0. The third kappa shape index (κ3) is 3.18. The van der Waals surface area contributed by atoms with Crippen LogP contribution in [-0.2, 0) is 11.2 Å². The summed E-state index contributed by atoms with van der Waals surface area (Å²) < 4.78 is 12.8. The Hall–Kier alpha value is -1.18. The third-order valence-corrected chi connectivity index (χ3v) is 4.14. The van der Waals surface area contributed by atoms with Crippen molar-refractivity contribution >= 4 is 5.78 Å². The van der Waals surface area contributed by atoms with Gasteiger partial charge in [-0.2, -0.15) is 0 Å². The lowest BCUT2D eigenvalue weighted by molar-refractivity contribution is -0.125. The van der Waals surface area contributed by atoms with Crippen LogP contribution in [-0.4, -0.2) is 5.78 Å². The van der Waals surface area contributed by atoms with Crippen LogP contribution >= 0.6 is 0 Å². The predicted octanol–water partition coefficient (Wildman–Crippen LogP) is 4.15. The number of halogens is 1. The highest BCUT2D eigenvalue weighted by atomic mass is 19.1. The zero-order valence-corrected chi connectivity index (χ0v) is 11.0. The molecule has 2 rings (SSSR count). The largest absolute Gasteiger partial charge is 0.299 e. The average Bonchev–Trinajstić information content (AvgIpc) is 2.41. The summed E-state index contributed by atoms with van der Waals surface area (Å²) in [5, 5.41) is 0. The molecule has 0 aromatic heterocycles.